The fraction of sp³-hybridized carbons (Fsp3) is 0.455. The molecule has 1 aliphatic rings. The molecule has 1 aliphatic heterocycles. The number of hydrogen-bond acceptors (Lipinski definition) is 5. The van der Waals surface area contributed by atoms with Gasteiger partial charge in [0, 0.05) is 36.5 Å². The molecule has 6 nitrogen and oxygen atoms in total. The van der Waals surface area contributed by atoms with Crippen LogP contribution < -0.4 is 9.64 Å². The predicted octanol–water partition coefficient (Wildman–Crippen LogP) is 3.77. The maximum Gasteiger partial charge on any atom is 0.224 e. The van der Waals surface area contributed by atoms with Gasteiger partial charge in [-0.3, -0.25) is 9.78 Å². The average molecular weight is 417 g/mol. The number of anilines is 1. The van der Waals surface area contributed by atoms with Crippen molar-refractivity contribution in [2.45, 2.75) is 51.8 Å². The largest absolute Gasteiger partial charge is 0.493 e. The topological polar surface area (TPSA) is 76.6 Å². The number of sulfone groups is 1. The minimum Gasteiger partial charge on any atom is -0.493 e. The number of nitrogens with zero attached hydrogens (tertiary/aromatic N) is 2. The molecular formula is C22H28N2O4S. The molecule has 2 aromatic rings. The Hall–Kier alpha value is -2.41. The van der Waals surface area contributed by atoms with Crippen LogP contribution >= 0.6 is 0 Å². The average Bonchev–Trinajstić information content (AvgIpc) is 2.65. The monoisotopic (exact) mass is 416 g/mol. The number of pyridine rings is 1. The highest BCUT2D eigenvalue weighted by Crippen LogP contribution is 2.42. The lowest BCUT2D eigenvalue weighted by atomic mass is 9.92. The van der Waals surface area contributed by atoms with E-state index in [4.69, 9.17) is 4.74 Å². The quantitative estimate of drug-likeness (QED) is 0.716. The molecule has 0 radical (unpaired) electrons. The van der Waals surface area contributed by atoms with E-state index in [1.54, 1.807) is 19.2 Å². The van der Waals surface area contributed by atoms with E-state index in [0.717, 1.165) is 47.5 Å². The molecular weight excluding hydrogens is 388 g/mol. The van der Waals surface area contributed by atoms with Crippen molar-refractivity contribution >= 4 is 21.4 Å². The van der Waals surface area contributed by atoms with Crippen molar-refractivity contribution in [1.29, 1.82) is 0 Å². The molecule has 0 aliphatic carbocycles. The molecule has 0 unspecified atom stereocenters. The van der Waals surface area contributed by atoms with Gasteiger partial charge < -0.3 is 9.64 Å². The summed E-state index contributed by atoms with van der Waals surface area (Å²) in [7, 11) is -3.11. The highest BCUT2D eigenvalue weighted by Gasteiger charge is 2.29. The summed E-state index contributed by atoms with van der Waals surface area (Å²) >= 11 is 0. The van der Waals surface area contributed by atoms with Gasteiger partial charge in [-0.2, -0.15) is 0 Å². The standard InChI is InChI=1S/C22H28N2O4S/c1-5-12-28-22-18(20-10-7-17(13-23-20)14-29(4,26)27)9-11-21-19(22)8-6-15(2)24(21)16(3)25/h7,9-11,13,15H,5-6,8,12,14H2,1-4H3/t15-/m0/s1. The first kappa shape index (κ1) is 21.3. The van der Waals surface area contributed by atoms with Crippen molar-refractivity contribution in [2.75, 3.05) is 17.8 Å². The molecule has 29 heavy (non-hydrogen) atoms. The van der Waals surface area contributed by atoms with Crippen molar-refractivity contribution in [3.05, 3.63) is 41.6 Å². The molecule has 3 rings (SSSR count). The van der Waals surface area contributed by atoms with Gasteiger partial charge in [0.1, 0.15) is 5.75 Å². The zero-order chi connectivity index (χ0) is 21.2. The number of fused-ring (bicyclic) bond motifs is 1. The van der Waals surface area contributed by atoms with E-state index in [-0.39, 0.29) is 17.7 Å². The van der Waals surface area contributed by atoms with Gasteiger partial charge in [-0.05, 0) is 49.9 Å². The van der Waals surface area contributed by atoms with Crippen LogP contribution in [0.1, 0.15) is 44.7 Å². The Morgan fingerprint density at radius 2 is 2.03 bits per heavy atom. The fourth-order valence-electron chi connectivity index (χ4n) is 3.83. The van der Waals surface area contributed by atoms with Crippen LogP contribution in [-0.2, 0) is 26.8 Å². The molecule has 0 saturated heterocycles. The van der Waals surface area contributed by atoms with E-state index in [0.29, 0.717) is 12.2 Å². The third-order valence-corrected chi connectivity index (χ3v) is 5.93. The van der Waals surface area contributed by atoms with E-state index in [1.807, 2.05) is 23.1 Å². The first-order chi connectivity index (χ1) is 13.7. The van der Waals surface area contributed by atoms with Gasteiger partial charge in [-0.1, -0.05) is 13.0 Å². The molecule has 0 spiro atoms. The fourth-order valence-corrected chi connectivity index (χ4v) is 4.60. The van der Waals surface area contributed by atoms with E-state index in [1.165, 1.54) is 6.26 Å². The highest BCUT2D eigenvalue weighted by molar-refractivity contribution is 7.89. The Labute approximate surface area is 172 Å². The second kappa shape index (κ2) is 8.53. The summed E-state index contributed by atoms with van der Waals surface area (Å²) in [6.45, 7) is 6.28. The number of rotatable bonds is 6. The minimum absolute atomic E-state index is 0.0240. The van der Waals surface area contributed by atoms with Crippen molar-refractivity contribution in [1.82, 2.24) is 4.98 Å². The summed E-state index contributed by atoms with van der Waals surface area (Å²) in [4.78, 5) is 18.6. The van der Waals surface area contributed by atoms with Gasteiger partial charge in [0.2, 0.25) is 5.91 Å². The molecule has 7 heteroatoms. The number of carbonyl (C=O) groups is 1. The van der Waals surface area contributed by atoms with E-state index in [2.05, 4.69) is 18.8 Å². The third-order valence-electron chi connectivity index (χ3n) is 5.07. The van der Waals surface area contributed by atoms with Gasteiger partial charge in [-0.25, -0.2) is 8.42 Å². The van der Waals surface area contributed by atoms with E-state index < -0.39 is 9.84 Å². The van der Waals surface area contributed by atoms with Crippen molar-refractivity contribution < 1.29 is 17.9 Å². The Morgan fingerprint density at radius 1 is 1.28 bits per heavy atom. The lowest BCUT2D eigenvalue weighted by Gasteiger charge is -2.36. The van der Waals surface area contributed by atoms with Crippen LogP contribution in [0.2, 0.25) is 0 Å². The Kier molecular flexibility index (Phi) is 6.27. The number of aromatic nitrogens is 1. The molecule has 2 heterocycles. The molecule has 1 aromatic heterocycles. The van der Waals surface area contributed by atoms with Crippen LogP contribution in [0.3, 0.4) is 0 Å². The highest BCUT2D eigenvalue weighted by atomic mass is 32.2. The summed E-state index contributed by atoms with van der Waals surface area (Å²) in [5.74, 6) is 0.761. The zero-order valence-electron chi connectivity index (χ0n) is 17.4. The van der Waals surface area contributed by atoms with Crippen molar-refractivity contribution in [2.24, 2.45) is 0 Å². The van der Waals surface area contributed by atoms with Gasteiger partial charge in [0.25, 0.3) is 0 Å². The van der Waals surface area contributed by atoms with Crippen LogP contribution in [0.4, 0.5) is 5.69 Å². The second-order valence-electron chi connectivity index (χ2n) is 7.69. The minimum atomic E-state index is -3.11. The summed E-state index contributed by atoms with van der Waals surface area (Å²) in [6.07, 6.45) is 5.39. The van der Waals surface area contributed by atoms with Crippen LogP contribution in [0, 0.1) is 0 Å². The second-order valence-corrected chi connectivity index (χ2v) is 9.83. The van der Waals surface area contributed by atoms with Crippen LogP contribution in [0.15, 0.2) is 30.5 Å². The van der Waals surface area contributed by atoms with Gasteiger partial charge >= 0.3 is 0 Å². The predicted molar refractivity (Wildman–Crippen MR) is 115 cm³/mol. The SMILES string of the molecule is CCCOc1c(-c2ccc(CS(C)(=O)=O)cn2)ccc2c1CC[C@H](C)N2C(C)=O. The molecule has 0 fully saturated rings. The molecule has 1 amide bonds. The Morgan fingerprint density at radius 3 is 2.62 bits per heavy atom. The summed E-state index contributed by atoms with van der Waals surface area (Å²) in [5, 5.41) is 0. The molecule has 0 bridgehead atoms. The number of hydrogen-bond donors (Lipinski definition) is 0. The lowest BCUT2D eigenvalue weighted by molar-refractivity contribution is -0.117. The van der Waals surface area contributed by atoms with Crippen molar-refractivity contribution in [3.8, 4) is 17.0 Å². The molecule has 0 N–H and O–H groups in total. The normalized spacial score (nSPS) is 16.4. The lowest BCUT2D eigenvalue weighted by Crippen LogP contribution is -2.40. The Balaban J connectivity index is 2.06. The van der Waals surface area contributed by atoms with E-state index >= 15 is 0 Å². The number of amides is 1. The number of carbonyl (C=O) groups excluding carboxylic acids is 1. The summed E-state index contributed by atoms with van der Waals surface area (Å²) in [5.41, 5.74) is 4.18. The van der Waals surface area contributed by atoms with E-state index in [9.17, 15) is 13.2 Å². The molecule has 1 aromatic carbocycles. The Bertz CT molecular complexity index is 1000. The van der Waals surface area contributed by atoms with Gasteiger partial charge in [-0.15, -0.1) is 0 Å². The van der Waals surface area contributed by atoms with Gasteiger partial charge in [0.15, 0.2) is 9.84 Å². The third kappa shape index (κ3) is 4.78. The first-order valence-corrected chi connectivity index (χ1v) is 12.0. The number of ether oxygens (including phenoxy) is 1. The molecule has 0 saturated carbocycles. The van der Waals surface area contributed by atoms with Gasteiger partial charge in [0.05, 0.1) is 23.7 Å². The zero-order valence-corrected chi connectivity index (χ0v) is 18.3. The maximum absolute atomic E-state index is 12.2. The van der Waals surface area contributed by atoms with Crippen LogP contribution in [-0.4, -0.2) is 38.2 Å². The van der Waals surface area contributed by atoms with Crippen molar-refractivity contribution in [3.63, 3.8) is 0 Å². The molecule has 156 valence electrons. The van der Waals surface area contributed by atoms with Crippen LogP contribution in [0.5, 0.6) is 5.75 Å². The summed E-state index contributed by atoms with van der Waals surface area (Å²) < 4.78 is 29.2. The van der Waals surface area contributed by atoms with Crippen LogP contribution in [0.25, 0.3) is 11.3 Å². The summed E-state index contributed by atoms with van der Waals surface area (Å²) in [6, 6.07) is 7.67. The molecule has 1 atom stereocenters. The smallest absolute Gasteiger partial charge is 0.224 e. The number of benzene rings is 1. The first-order valence-electron chi connectivity index (χ1n) is 9.92. The maximum atomic E-state index is 12.2.